The molecule has 2 aromatic heterocycles. The number of aromatic nitrogens is 4. The fourth-order valence-electron chi connectivity index (χ4n) is 1.08. The number of nitrogens with one attached hydrogen (secondary N) is 1. The molecule has 0 aliphatic heterocycles. The molecule has 2 N–H and O–H groups in total. The van der Waals surface area contributed by atoms with Crippen LogP contribution in [0.1, 0.15) is 4.88 Å². The Labute approximate surface area is 113 Å². The van der Waals surface area contributed by atoms with Crippen LogP contribution >= 0.6 is 34.7 Å². The lowest BCUT2D eigenvalue weighted by atomic mass is 10.6. The first-order valence-electron chi connectivity index (χ1n) is 4.62. The number of aryl methyl sites for hydroxylation is 1. The summed E-state index contributed by atoms with van der Waals surface area (Å²) in [6.45, 7) is -0.199. The zero-order valence-corrected chi connectivity index (χ0v) is 11.4. The Balaban J connectivity index is 2.36. The van der Waals surface area contributed by atoms with E-state index >= 15 is 0 Å². The smallest absolute Gasteiger partial charge is 0.339 e. The predicted octanol–water partition coefficient (Wildman–Crippen LogP) is 0.222. The molecule has 0 amide bonds. The molecule has 0 radical (unpaired) electrons. The molecule has 2 heterocycles. The number of H-pyrrole nitrogens is 1. The van der Waals surface area contributed by atoms with Gasteiger partial charge in [-0.05, 0) is 11.8 Å². The summed E-state index contributed by atoms with van der Waals surface area (Å²) in [6.07, 6.45) is 0. The van der Waals surface area contributed by atoms with Crippen molar-refractivity contribution in [2.75, 3.05) is 0 Å². The van der Waals surface area contributed by atoms with E-state index in [-0.39, 0.29) is 16.9 Å². The molecule has 0 saturated carbocycles. The van der Waals surface area contributed by atoms with Crippen molar-refractivity contribution in [3.63, 3.8) is 0 Å². The molecule has 0 atom stereocenters. The van der Waals surface area contributed by atoms with Crippen molar-refractivity contribution < 1.29 is 5.11 Å². The Morgan fingerprint density at radius 1 is 1.50 bits per heavy atom. The van der Waals surface area contributed by atoms with Crippen molar-refractivity contribution in [1.82, 2.24) is 19.7 Å². The number of aliphatic hydroxyl groups excluding tert-OH is 1. The minimum Gasteiger partial charge on any atom is -0.391 e. The zero-order valence-electron chi connectivity index (χ0n) is 9.01. The van der Waals surface area contributed by atoms with Gasteiger partial charge in [0.1, 0.15) is 5.15 Å². The van der Waals surface area contributed by atoms with Crippen molar-refractivity contribution in [3.05, 3.63) is 30.7 Å². The maximum atomic E-state index is 11.1. The molecule has 2 rings (SSSR count). The summed E-state index contributed by atoms with van der Waals surface area (Å²) < 4.78 is 1.85. The summed E-state index contributed by atoms with van der Waals surface area (Å²) in [6, 6.07) is 0. The summed E-state index contributed by atoms with van der Waals surface area (Å²) in [4.78, 5) is 30.3. The molecule has 0 unspecified atom stereocenters. The van der Waals surface area contributed by atoms with Crippen LogP contribution in [0.2, 0.25) is 5.15 Å². The molecular weight excluding hydrogens is 300 g/mol. The molecular formula is C8H7ClN4O3S2. The number of halogens is 1. The molecule has 0 aliphatic rings. The van der Waals surface area contributed by atoms with Crippen LogP contribution in [0, 0.1) is 0 Å². The number of nitrogens with zero attached hydrogens (tertiary/aromatic N) is 3. The van der Waals surface area contributed by atoms with E-state index in [0.717, 1.165) is 11.8 Å². The Bertz CT molecular complexity index is 692. The summed E-state index contributed by atoms with van der Waals surface area (Å²) in [5.41, 5.74) is -1.64. The summed E-state index contributed by atoms with van der Waals surface area (Å²) in [5, 5.41) is 11.8. The first-order chi connectivity index (χ1) is 8.51. The molecule has 0 aromatic carbocycles. The molecule has 2 aromatic rings. The molecule has 0 aliphatic carbocycles. The normalized spacial score (nSPS) is 10.8. The van der Waals surface area contributed by atoms with Crippen LogP contribution in [0.25, 0.3) is 0 Å². The third-order valence-electron chi connectivity index (χ3n) is 1.90. The highest BCUT2D eigenvalue weighted by molar-refractivity contribution is 8.00. The second kappa shape index (κ2) is 5.22. The molecule has 0 spiro atoms. The first-order valence-corrected chi connectivity index (χ1v) is 6.63. The highest BCUT2D eigenvalue weighted by Gasteiger charge is 2.12. The second-order valence-corrected chi connectivity index (χ2v) is 5.81. The van der Waals surface area contributed by atoms with Gasteiger partial charge in [0, 0.05) is 7.05 Å². The Hall–Kier alpha value is -1.16. The lowest BCUT2D eigenvalue weighted by Crippen LogP contribution is -2.33. The minimum atomic E-state index is -0.861. The van der Waals surface area contributed by atoms with E-state index < -0.39 is 11.1 Å². The zero-order chi connectivity index (χ0) is 13.3. The quantitative estimate of drug-likeness (QED) is 0.787. The van der Waals surface area contributed by atoms with Gasteiger partial charge in [0.15, 0.2) is 9.50 Å². The average molecular weight is 307 g/mol. The highest BCUT2D eigenvalue weighted by Crippen LogP contribution is 2.33. The van der Waals surface area contributed by atoms with Crippen molar-refractivity contribution in [2.24, 2.45) is 7.05 Å². The number of hydrogen-bond acceptors (Lipinski definition) is 7. The number of rotatable bonds is 3. The second-order valence-electron chi connectivity index (χ2n) is 3.15. The van der Waals surface area contributed by atoms with Crippen LogP contribution in [0.3, 0.4) is 0 Å². The van der Waals surface area contributed by atoms with Gasteiger partial charge in [-0.1, -0.05) is 11.6 Å². The highest BCUT2D eigenvalue weighted by atomic mass is 35.5. The molecule has 7 nitrogen and oxygen atoms in total. The standard InChI is InChI=1S/C8H7ClN4O3S2/c1-13-7(11-5(15)6(16)12-13)18-8-10-4(9)3(2-14)17-8/h14H,2H2,1H3,(H,12,16). The first kappa shape index (κ1) is 13.3. The molecule has 0 fully saturated rings. The summed E-state index contributed by atoms with van der Waals surface area (Å²) in [5.74, 6) is 0. The summed E-state index contributed by atoms with van der Waals surface area (Å²) in [7, 11) is 1.55. The average Bonchev–Trinajstić information content (AvgIpc) is 2.66. The van der Waals surface area contributed by atoms with E-state index in [1.165, 1.54) is 16.0 Å². The Kier molecular flexibility index (Phi) is 3.85. The minimum absolute atomic E-state index is 0.199. The predicted molar refractivity (Wildman–Crippen MR) is 67.3 cm³/mol. The molecule has 0 saturated heterocycles. The van der Waals surface area contributed by atoms with Crippen LogP contribution in [-0.2, 0) is 13.7 Å². The van der Waals surface area contributed by atoms with E-state index in [4.69, 9.17) is 16.7 Å². The van der Waals surface area contributed by atoms with Crippen LogP contribution < -0.4 is 11.1 Å². The third kappa shape index (κ3) is 2.64. The lowest BCUT2D eigenvalue weighted by Gasteiger charge is -2.02. The van der Waals surface area contributed by atoms with Crippen molar-refractivity contribution >= 4 is 34.7 Å². The van der Waals surface area contributed by atoms with Gasteiger partial charge in [0.2, 0.25) is 0 Å². The third-order valence-corrected chi connectivity index (χ3v) is 4.47. The summed E-state index contributed by atoms with van der Waals surface area (Å²) >= 11 is 8.06. The van der Waals surface area contributed by atoms with Gasteiger partial charge >= 0.3 is 11.1 Å². The van der Waals surface area contributed by atoms with E-state index in [1.807, 2.05) is 0 Å². The van der Waals surface area contributed by atoms with Gasteiger partial charge in [0.25, 0.3) is 0 Å². The van der Waals surface area contributed by atoms with Gasteiger partial charge < -0.3 is 5.11 Å². The number of hydrogen-bond donors (Lipinski definition) is 2. The van der Waals surface area contributed by atoms with Gasteiger partial charge in [-0.25, -0.2) is 4.98 Å². The van der Waals surface area contributed by atoms with E-state index in [1.54, 1.807) is 7.05 Å². The fraction of sp³-hybridized carbons (Fsp3) is 0.250. The fourth-order valence-corrected chi connectivity index (χ4v) is 3.28. The Morgan fingerprint density at radius 2 is 2.22 bits per heavy atom. The van der Waals surface area contributed by atoms with Gasteiger partial charge in [-0.2, -0.15) is 4.98 Å². The van der Waals surface area contributed by atoms with Crippen LogP contribution in [-0.4, -0.2) is 24.9 Å². The number of aromatic amines is 1. The monoisotopic (exact) mass is 306 g/mol. The molecule has 96 valence electrons. The maximum Gasteiger partial charge on any atom is 0.339 e. The van der Waals surface area contributed by atoms with Gasteiger partial charge in [0.05, 0.1) is 11.5 Å². The van der Waals surface area contributed by atoms with Crippen LogP contribution in [0.4, 0.5) is 0 Å². The van der Waals surface area contributed by atoms with Crippen molar-refractivity contribution in [1.29, 1.82) is 0 Å². The van der Waals surface area contributed by atoms with Crippen LogP contribution in [0.5, 0.6) is 0 Å². The molecule has 0 bridgehead atoms. The maximum absolute atomic E-state index is 11.1. The number of thiazole rings is 1. The Morgan fingerprint density at radius 3 is 2.83 bits per heavy atom. The topological polar surface area (TPSA) is 101 Å². The van der Waals surface area contributed by atoms with E-state index in [2.05, 4.69) is 15.1 Å². The SMILES string of the molecule is Cn1[nH]c(=O)c(=O)nc1Sc1nc(Cl)c(CO)s1. The number of aliphatic hydroxyl groups is 1. The van der Waals surface area contributed by atoms with Crippen molar-refractivity contribution in [2.45, 2.75) is 16.1 Å². The lowest BCUT2D eigenvalue weighted by molar-refractivity contribution is 0.285. The van der Waals surface area contributed by atoms with E-state index in [0.29, 0.717) is 9.22 Å². The molecule has 10 heteroatoms. The van der Waals surface area contributed by atoms with Crippen LogP contribution in [0.15, 0.2) is 19.1 Å². The van der Waals surface area contributed by atoms with Gasteiger partial charge in [-0.3, -0.25) is 19.4 Å². The van der Waals surface area contributed by atoms with E-state index in [9.17, 15) is 9.59 Å². The van der Waals surface area contributed by atoms with Gasteiger partial charge in [-0.15, -0.1) is 11.3 Å². The largest absolute Gasteiger partial charge is 0.391 e. The molecule has 18 heavy (non-hydrogen) atoms. The van der Waals surface area contributed by atoms with Crippen molar-refractivity contribution in [3.8, 4) is 0 Å².